The Labute approximate surface area is 87.3 Å². The monoisotopic (exact) mass is 214 g/mol. The predicted octanol–water partition coefficient (Wildman–Crippen LogP) is 2.17. The van der Waals surface area contributed by atoms with Gasteiger partial charge in [-0.3, -0.25) is 4.79 Å². The van der Waals surface area contributed by atoms with E-state index >= 15 is 0 Å². The number of thiophene rings is 1. The largest absolute Gasteiger partial charge is 0.481 e. The van der Waals surface area contributed by atoms with E-state index in [1.165, 1.54) is 4.88 Å². The molecule has 4 heteroatoms. The first-order chi connectivity index (χ1) is 6.79. The molecule has 0 bridgehead atoms. The van der Waals surface area contributed by atoms with Crippen molar-refractivity contribution in [2.45, 2.75) is 19.3 Å². The number of carbonyl (C=O) groups is 1. The number of ether oxygens (including phenoxy) is 1. The lowest BCUT2D eigenvalue weighted by atomic mass is 10.3. The van der Waals surface area contributed by atoms with E-state index in [0.717, 1.165) is 6.42 Å². The van der Waals surface area contributed by atoms with Crippen LogP contribution in [-0.2, 0) is 16.0 Å². The second kappa shape index (κ2) is 6.56. The number of carboxylic acids is 1. The van der Waals surface area contributed by atoms with Crippen molar-refractivity contribution in [1.29, 1.82) is 0 Å². The number of hydrogen-bond donors (Lipinski definition) is 1. The molecule has 1 N–H and O–H groups in total. The van der Waals surface area contributed by atoms with Crippen LogP contribution in [0.4, 0.5) is 0 Å². The fourth-order valence-corrected chi connectivity index (χ4v) is 1.75. The predicted molar refractivity (Wildman–Crippen MR) is 55.7 cm³/mol. The van der Waals surface area contributed by atoms with Crippen molar-refractivity contribution in [2.75, 3.05) is 13.2 Å². The molecule has 0 radical (unpaired) electrons. The fourth-order valence-electron chi connectivity index (χ4n) is 1.06. The van der Waals surface area contributed by atoms with Gasteiger partial charge in [-0.05, 0) is 17.9 Å². The molecule has 0 aliphatic heterocycles. The topological polar surface area (TPSA) is 46.5 Å². The van der Waals surface area contributed by atoms with Gasteiger partial charge < -0.3 is 9.84 Å². The third-order valence-electron chi connectivity index (χ3n) is 1.75. The molecule has 0 aliphatic carbocycles. The zero-order valence-corrected chi connectivity index (χ0v) is 8.76. The standard InChI is InChI=1S/C10H14O3S/c11-10(12)4-1-6-13-7-5-9-3-2-8-14-9/h2-3,8H,1,4-7H2,(H,11,12). The average Bonchev–Trinajstić information content (AvgIpc) is 2.63. The van der Waals surface area contributed by atoms with E-state index in [4.69, 9.17) is 9.84 Å². The molecule has 78 valence electrons. The Balaban J connectivity index is 1.92. The summed E-state index contributed by atoms with van der Waals surface area (Å²) >= 11 is 1.72. The normalized spacial score (nSPS) is 10.3. The van der Waals surface area contributed by atoms with Crippen molar-refractivity contribution < 1.29 is 14.6 Å². The van der Waals surface area contributed by atoms with Crippen LogP contribution in [-0.4, -0.2) is 24.3 Å². The lowest BCUT2D eigenvalue weighted by Gasteiger charge is -2.01. The fraction of sp³-hybridized carbons (Fsp3) is 0.500. The maximum absolute atomic E-state index is 10.2. The highest BCUT2D eigenvalue weighted by Gasteiger charge is 1.97. The molecule has 1 rings (SSSR count). The van der Waals surface area contributed by atoms with Crippen molar-refractivity contribution >= 4 is 17.3 Å². The maximum Gasteiger partial charge on any atom is 0.303 e. The highest BCUT2D eigenvalue weighted by Crippen LogP contribution is 2.08. The van der Waals surface area contributed by atoms with Gasteiger partial charge in [-0.25, -0.2) is 0 Å². The second-order valence-electron chi connectivity index (χ2n) is 2.94. The molecule has 1 heterocycles. The molecule has 0 aliphatic rings. The van der Waals surface area contributed by atoms with Gasteiger partial charge in [0, 0.05) is 24.3 Å². The molecule has 1 aromatic rings. The van der Waals surface area contributed by atoms with Gasteiger partial charge in [0.25, 0.3) is 0 Å². The van der Waals surface area contributed by atoms with Gasteiger partial charge >= 0.3 is 5.97 Å². The summed E-state index contributed by atoms with van der Waals surface area (Å²) in [5.74, 6) is -0.758. The van der Waals surface area contributed by atoms with Crippen LogP contribution >= 0.6 is 11.3 Å². The van der Waals surface area contributed by atoms with Crippen LogP contribution in [0.15, 0.2) is 17.5 Å². The molecule has 0 aromatic carbocycles. The van der Waals surface area contributed by atoms with E-state index in [2.05, 4.69) is 6.07 Å². The van der Waals surface area contributed by atoms with Crippen molar-refractivity contribution in [3.8, 4) is 0 Å². The highest BCUT2D eigenvalue weighted by molar-refractivity contribution is 7.09. The molecule has 0 atom stereocenters. The van der Waals surface area contributed by atoms with E-state index in [1.807, 2.05) is 11.4 Å². The van der Waals surface area contributed by atoms with Crippen LogP contribution < -0.4 is 0 Å². The summed E-state index contributed by atoms with van der Waals surface area (Å²) in [6.45, 7) is 1.22. The molecule has 1 aromatic heterocycles. The first kappa shape index (κ1) is 11.2. The molecular formula is C10H14O3S. The van der Waals surface area contributed by atoms with Crippen molar-refractivity contribution in [3.05, 3.63) is 22.4 Å². The smallest absolute Gasteiger partial charge is 0.303 e. The Hall–Kier alpha value is -0.870. The summed E-state index contributed by atoms with van der Waals surface area (Å²) in [7, 11) is 0. The van der Waals surface area contributed by atoms with Crippen LogP contribution in [0.1, 0.15) is 17.7 Å². The molecule has 0 amide bonds. The summed E-state index contributed by atoms with van der Waals surface area (Å²) in [4.78, 5) is 11.5. The molecule has 0 spiro atoms. The van der Waals surface area contributed by atoms with Gasteiger partial charge in [0.05, 0.1) is 6.61 Å². The van der Waals surface area contributed by atoms with Crippen LogP contribution in [0.2, 0.25) is 0 Å². The second-order valence-corrected chi connectivity index (χ2v) is 3.97. The van der Waals surface area contributed by atoms with Gasteiger partial charge in [-0.15, -0.1) is 11.3 Å². The lowest BCUT2D eigenvalue weighted by Crippen LogP contribution is -2.02. The zero-order chi connectivity index (χ0) is 10.2. The van der Waals surface area contributed by atoms with Gasteiger partial charge in [0.1, 0.15) is 0 Å². The minimum Gasteiger partial charge on any atom is -0.481 e. The van der Waals surface area contributed by atoms with Crippen LogP contribution in [0.5, 0.6) is 0 Å². The summed E-state index contributed by atoms with van der Waals surface area (Å²) in [5.41, 5.74) is 0. The lowest BCUT2D eigenvalue weighted by molar-refractivity contribution is -0.137. The first-order valence-electron chi connectivity index (χ1n) is 4.61. The molecule has 0 saturated carbocycles. The summed E-state index contributed by atoms with van der Waals surface area (Å²) < 4.78 is 5.30. The van der Waals surface area contributed by atoms with E-state index in [0.29, 0.717) is 19.6 Å². The molecule has 14 heavy (non-hydrogen) atoms. The Morgan fingerprint density at radius 1 is 1.50 bits per heavy atom. The summed E-state index contributed by atoms with van der Waals surface area (Å²) in [5, 5.41) is 10.4. The minimum atomic E-state index is -0.758. The Bertz CT molecular complexity index is 256. The van der Waals surface area contributed by atoms with Crippen molar-refractivity contribution in [2.24, 2.45) is 0 Å². The van der Waals surface area contributed by atoms with Gasteiger partial charge in [-0.1, -0.05) is 6.07 Å². The van der Waals surface area contributed by atoms with Crippen LogP contribution in [0.3, 0.4) is 0 Å². The first-order valence-corrected chi connectivity index (χ1v) is 5.49. The quantitative estimate of drug-likeness (QED) is 0.707. The van der Waals surface area contributed by atoms with E-state index < -0.39 is 5.97 Å². The van der Waals surface area contributed by atoms with E-state index in [-0.39, 0.29) is 6.42 Å². The number of carboxylic acid groups (broad SMARTS) is 1. The van der Waals surface area contributed by atoms with Crippen LogP contribution in [0, 0.1) is 0 Å². The minimum absolute atomic E-state index is 0.193. The third-order valence-corrected chi connectivity index (χ3v) is 2.69. The van der Waals surface area contributed by atoms with Crippen LogP contribution in [0.25, 0.3) is 0 Å². The summed E-state index contributed by atoms with van der Waals surface area (Å²) in [6, 6.07) is 4.09. The zero-order valence-electron chi connectivity index (χ0n) is 7.94. The van der Waals surface area contributed by atoms with E-state index in [1.54, 1.807) is 11.3 Å². The van der Waals surface area contributed by atoms with Gasteiger partial charge in [0.2, 0.25) is 0 Å². The Morgan fingerprint density at radius 3 is 3.00 bits per heavy atom. The molecule has 0 saturated heterocycles. The number of rotatable bonds is 7. The highest BCUT2D eigenvalue weighted by atomic mass is 32.1. The Morgan fingerprint density at radius 2 is 2.36 bits per heavy atom. The number of aliphatic carboxylic acids is 1. The summed E-state index contributed by atoms with van der Waals surface area (Å²) in [6.07, 6.45) is 1.71. The van der Waals surface area contributed by atoms with Crippen molar-refractivity contribution in [1.82, 2.24) is 0 Å². The maximum atomic E-state index is 10.2. The molecule has 0 unspecified atom stereocenters. The van der Waals surface area contributed by atoms with Gasteiger partial charge in [0.15, 0.2) is 0 Å². The molecular weight excluding hydrogens is 200 g/mol. The SMILES string of the molecule is O=C(O)CCCOCCc1cccs1. The molecule has 0 fully saturated rings. The molecule has 3 nitrogen and oxygen atoms in total. The average molecular weight is 214 g/mol. The number of hydrogen-bond acceptors (Lipinski definition) is 3. The van der Waals surface area contributed by atoms with Gasteiger partial charge in [-0.2, -0.15) is 0 Å². The Kier molecular flexibility index (Phi) is 5.25. The van der Waals surface area contributed by atoms with Crippen molar-refractivity contribution in [3.63, 3.8) is 0 Å². The van der Waals surface area contributed by atoms with E-state index in [9.17, 15) is 4.79 Å². The third kappa shape index (κ3) is 4.99.